The molecule has 2 heterocycles. The zero-order valence-corrected chi connectivity index (χ0v) is 8.21. The molecule has 1 aromatic carbocycles. The Bertz CT molecular complexity index is 576. The Morgan fingerprint density at radius 3 is 2.87 bits per heavy atom. The van der Waals surface area contributed by atoms with Crippen LogP contribution in [-0.2, 0) is 7.05 Å². The lowest BCUT2D eigenvalue weighted by atomic mass is 10.3. The van der Waals surface area contributed by atoms with Gasteiger partial charge in [0.2, 0.25) is 0 Å². The fraction of sp³-hybridized carbons (Fsp3) is 0.0909. The smallest absolute Gasteiger partial charge is 0.264 e. The zero-order chi connectivity index (χ0) is 10.3. The second-order valence-corrected chi connectivity index (χ2v) is 3.35. The number of hydrogen-bond donors (Lipinski definition) is 0. The average molecular weight is 199 g/mol. The first-order valence-electron chi connectivity index (χ1n) is 4.68. The van der Waals surface area contributed by atoms with Crippen LogP contribution in [0.4, 0.5) is 0 Å². The third-order valence-electron chi connectivity index (χ3n) is 2.31. The summed E-state index contributed by atoms with van der Waals surface area (Å²) in [5.74, 6) is 1.30. The Hall–Kier alpha value is -2.10. The number of benzene rings is 1. The molecule has 0 unspecified atom stereocenters. The molecule has 2 aromatic heterocycles. The van der Waals surface area contributed by atoms with Crippen LogP contribution in [-0.4, -0.2) is 14.5 Å². The highest BCUT2D eigenvalue weighted by atomic mass is 16.3. The Balaban J connectivity index is 2.24. The molecule has 0 radical (unpaired) electrons. The van der Waals surface area contributed by atoms with Gasteiger partial charge in [-0.3, -0.25) is 0 Å². The van der Waals surface area contributed by atoms with Crippen molar-refractivity contribution in [1.29, 1.82) is 0 Å². The lowest BCUT2D eigenvalue weighted by molar-refractivity contribution is 0.608. The van der Waals surface area contributed by atoms with Crippen LogP contribution < -0.4 is 0 Å². The van der Waals surface area contributed by atoms with Crippen molar-refractivity contribution in [3.8, 4) is 11.7 Å². The summed E-state index contributed by atoms with van der Waals surface area (Å²) in [6.45, 7) is 0. The maximum absolute atomic E-state index is 5.60. The van der Waals surface area contributed by atoms with Crippen LogP contribution in [0.5, 0.6) is 0 Å². The topological polar surface area (TPSA) is 43.9 Å². The van der Waals surface area contributed by atoms with Crippen molar-refractivity contribution in [2.45, 2.75) is 0 Å². The van der Waals surface area contributed by atoms with Gasteiger partial charge >= 0.3 is 0 Å². The first-order chi connectivity index (χ1) is 7.34. The van der Waals surface area contributed by atoms with E-state index >= 15 is 0 Å². The van der Waals surface area contributed by atoms with Crippen LogP contribution in [0.1, 0.15) is 0 Å². The molecule has 0 fully saturated rings. The van der Waals surface area contributed by atoms with Crippen molar-refractivity contribution in [2.24, 2.45) is 7.05 Å². The summed E-state index contributed by atoms with van der Waals surface area (Å²) in [6, 6.07) is 7.68. The van der Waals surface area contributed by atoms with E-state index in [1.54, 1.807) is 6.20 Å². The molecule has 15 heavy (non-hydrogen) atoms. The van der Waals surface area contributed by atoms with E-state index in [1.807, 2.05) is 42.1 Å². The SMILES string of the molecule is Cn1ccnc1-c1nc2ccccc2o1. The van der Waals surface area contributed by atoms with Gasteiger partial charge in [0.25, 0.3) is 5.89 Å². The van der Waals surface area contributed by atoms with Gasteiger partial charge in [-0.25, -0.2) is 9.97 Å². The normalized spacial score (nSPS) is 11.0. The maximum Gasteiger partial charge on any atom is 0.264 e. The standard InChI is InChI=1S/C11H9N3O/c1-14-7-6-12-10(14)11-13-8-4-2-3-5-9(8)15-11/h2-7H,1H3. The molecule has 3 aromatic rings. The third-order valence-corrected chi connectivity index (χ3v) is 2.31. The van der Waals surface area contributed by atoms with Gasteiger partial charge in [-0.05, 0) is 12.1 Å². The van der Waals surface area contributed by atoms with Crippen molar-refractivity contribution in [1.82, 2.24) is 14.5 Å². The molecule has 0 atom stereocenters. The highest BCUT2D eigenvalue weighted by Crippen LogP contribution is 2.21. The van der Waals surface area contributed by atoms with Crippen LogP contribution in [0.15, 0.2) is 41.1 Å². The lowest BCUT2D eigenvalue weighted by Gasteiger charge is -1.93. The van der Waals surface area contributed by atoms with E-state index in [1.165, 1.54) is 0 Å². The molecule has 0 aliphatic heterocycles. The Morgan fingerprint density at radius 2 is 2.13 bits per heavy atom. The number of aromatic nitrogens is 3. The fourth-order valence-electron chi connectivity index (χ4n) is 1.54. The largest absolute Gasteiger partial charge is 0.434 e. The monoisotopic (exact) mass is 199 g/mol. The van der Waals surface area contributed by atoms with Crippen molar-refractivity contribution >= 4 is 11.1 Å². The molecule has 74 valence electrons. The van der Waals surface area contributed by atoms with Gasteiger partial charge < -0.3 is 8.98 Å². The summed E-state index contributed by atoms with van der Waals surface area (Å²) in [6.07, 6.45) is 3.59. The van der Waals surface area contributed by atoms with Crippen LogP contribution in [0.25, 0.3) is 22.8 Å². The Morgan fingerprint density at radius 1 is 1.27 bits per heavy atom. The van der Waals surface area contributed by atoms with Gasteiger partial charge in [0.15, 0.2) is 11.4 Å². The minimum absolute atomic E-state index is 0.559. The van der Waals surface area contributed by atoms with E-state index in [0.29, 0.717) is 5.89 Å². The molecule has 0 spiro atoms. The van der Waals surface area contributed by atoms with Crippen molar-refractivity contribution < 1.29 is 4.42 Å². The average Bonchev–Trinajstić information content (AvgIpc) is 2.82. The molecule has 0 saturated carbocycles. The number of fused-ring (bicyclic) bond motifs is 1. The minimum Gasteiger partial charge on any atom is -0.434 e. The van der Waals surface area contributed by atoms with Crippen LogP contribution in [0, 0.1) is 0 Å². The van der Waals surface area contributed by atoms with E-state index < -0.39 is 0 Å². The molecule has 0 aliphatic rings. The highest BCUT2D eigenvalue weighted by Gasteiger charge is 2.10. The van der Waals surface area contributed by atoms with Crippen LogP contribution in [0.3, 0.4) is 0 Å². The van der Waals surface area contributed by atoms with Crippen molar-refractivity contribution in [3.05, 3.63) is 36.7 Å². The third kappa shape index (κ3) is 1.22. The Kier molecular flexibility index (Phi) is 1.62. The number of oxazole rings is 1. The number of nitrogens with zero attached hydrogens (tertiary/aromatic N) is 3. The molecule has 0 amide bonds. The Labute approximate surface area is 86.2 Å². The minimum atomic E-state index is 0.559. The van der Waals surface area contributed by atoms with E-state index in [2.05, 4.69) is 9.97 Å². The molecule has 0 bridgehead atoms. The molecule has 4 heteroatoms. The van der Waals surface area contributed by atoms with Gasteiger partial charge in [0.05, 0.1) is 0 Å². The highest BCUT2D eigenvalue weighted by molar-refractivity contribution is 5.74. The van der Waals surface area contributed by atoms with Crippen LogP contribution in [0.2, 0.25) is 0 Å². The maximum atomic E-state index is 5.60. The first-order valence-corrected chi connectivity index (χ1v) is 4.68. The summed E-state index contributed by atoms with van der Waals surface area (Å²) in [4.78, 5) is 8.55. The molecule has 0 aliphatic carbocycles. The van der Waals surface area contributed by atoms with Gasteiger partial charge in [-0.2, -0.15) is 0 Å². The molecular formula is C11H9N3O. The predicted molar refractivity (Wildman–Crippen MR) is 56.2 cm³/mol. The molecule has 4 nitrogen and oxygen atoms in total. The van der Waals surface area contributed by atoms with Gasteiger partial charge in [0, 0.05) is 19.4 Å². The van der Waals surface area contributed by atoms with Crippen molar-refractivity contribution in [3.63, 3.8) is 0 Å². The number of aryl methyl sites for hydroxylation is 1. The molecule has 3 rings (SSSR count). The second kappa shape index (κ2) is 2.95. The van der Waals surface area contributed by atoms with E-state index in [9.17, 15) is 0 Å². The van der Waals surface area contributed by atoms with Gasteiger partial charge in [-0.1, -0.05) is 12.1 Å². The summed E-state index contributed by atoms with van der Waals surface area (Å²) in [5, 5.41) is 0. The first kappa shape index (κ1) is 8.23. The quantitative estimate of drug-likeness (QED) is 0.603. The molecular weight excluding hydrogens is 190 g/mol. The fourth-order valence-corrected chi connectivity index (χ4v) is 1.54. The van der Waals surface area contributed by atoms with Gasteiger partial charge in [-0.15, -0.1) is 0 Å². The number of rotatable bonds is 1. The molecule has 0 N–H and O–H groups in total. The number of imidazole rings is 1. The van der Waals surface area contributed by atoms with Gasteiger partial charge in [0.1, 0.15) is 5.52 Å². The number of hydrogen-bond acceptors (Lipinski definition) is 3. The lowest BCUT2D eigenvalue weighted by Crippen LogP contribution is -1.90. The van der Waals surface area contributed by atoms with E-state index in [-0.39, 0.29) is 0 Å². The summed E-state index contributed by atoms with van der Waals surface area (Å²) >= 11 is 0. The zero-order valence-electron chi connectivity index (χ0n) is 8.21. The summed E-state index contributed by atoms with van der Waals surface area (Å²) in [5.41, 5.74) is 1.64. The summed E-state index contributed by atoms with van der Waals surface area (Å²) < 4.78 is 7.48. The van der Waals surface area contributed by atoms with Crippen molar-refractivity contribution in [2.75, 3.05) is 0 Å². The van der Waals surface area contributed by atoms with E-state index in [0.717, 1.165) is 16.9 Å². The van der Waals surface area contributed by atoms with E-state index in [4.69, 9.17) is 4.42 Å². The number of para-hydroxylation sites is 2. The summed E-state index contributed by atoms with van der Waals surface area (Å²) in [7, 11) is 1.91. The molecule has 0 saturated heterocycles. The predicted octanol–water partition coefficient (Wildman–Crippen LogP) is 2.23. The van der Waals surface area contributed by atoms with Crippen LogP contribution >= 0.6 is 0 Å². The second-order valence-electron chi connectivity index (χ2n) is 3.35.